The lowest BCUT2D eigenvalue weighted by atomic mass is 10.1. The Morgan fingerprint density at radius 2 is 1.87 bits per heavy atom. The number of nitriles is 1. The molecule has 8 heteroatoms. The molecule has 0 aliphatic carbocycles. The van der Waals surface area contributed by atoms with Gasteiger partial charge in [0.05, 0.1) is 18.1 Å². The van der Waals surface area contributed by atoms with Gasteiger partial charge in [0.1, 0.15) is 6.04 Å². The van der Waals surface area contributed by atoms with Gasteiger partial charge in [-0.15, -0.1) is 0 Å². The molecular weight excluding hydrogens is 313 g/mol. The zero-order valence-electron chi connectivity index (χ0n) is 12.1. The third-order valence-electron chi connectivity index (χ3n) is 3.06. The van der Waals surface area contributed by atoms with Crippen LogP contribution in [0.5, 0.6) is 0 Å². The number of carboxylic acid groups (broad SMARTS) is 1. The Hall–Kier alpha value is -2.56. The first kappa shape index (κ1) is 18.5. The Kier molecular flexibility index (Phi) is 6.57. The summed E-state index contributed by atoms with van der Waals surface area (Å²) in [5, 5.41) is 19.7. The van der Waals surface area contributed by atoms with E-state index >= 15 is 0 Å². The van der Waals surface area contributed by atoms with Crippen LogP contribution in [0.2, 0.25) is 0 Å². The third kappa shape index (κ3) is 6.38. The number of rotatable bonds is 7. The molecule has 0 unspecified atom stereocenters. The van der Waals surface area contributed by atoms with Crippen LogP contribution in [0.4, 0.5) is 13.2 Å². The third-order valence-corrected chi connectivity index (χ3v) is 3.06. The SMILES string of the molecule is N#CCCC[C@@H](NC(=O)Cc1ccc(C(F)(F)F)cc1)C(=O)O. The summed E-state index contributed by atoms with van der Waals surface area (Å²) in [6, 6.07) is 4.83. The molecule has 0 heterocycles. The van der Waals surface area contributed by atoms with Gasteiger partial charge in [0, 0.05) is 6.42 Å². The second-order valence-electron chi connectivity index (χ2n) is 4.88. The van der Waals surface area contributed by atoms with Crippen molar-refractivity contribution in [2.45, 2.75) is 37.9 Å². The molecule has 0 radical (unpaired) electrons. The van der Waals surface area contributed by atoms with Gasteiger partial charge in [-0.25, -0.2) is 4.79 Å². The van der Waals surface area contributed by atoms with E-state index in [9.17, 15) is 22.8 Å². The van der Waals surface area contributed by atoms with Gasteiger partial charge in [-0.2, -0.15) is 18.4 Å². The fraction of sp³-hybridized carbons (Fsp3) is 0.400. The molecule has 1 atom stereocenters. The number of carbonyl (C=O) groups is 2. The highest BCUT2D eigenvalue weighted by Gasteiger charge is 2.30. The molecule has 1 aromatic carbocycles. The smallest absolute Gasteiger partial charge is 0.416 e. The molecule has 1 rings (SSSR count). The van der Waals surface area contributed by atoms with Crippen LogP contribution in [0.15, 0.2) is 24.3 Å². The number of nitrogens with zero attached hydrogens (tertiary/aromatic N) is 1. The molecule has 0 spiro atoms. The van der Waals surface area contributed by atoms with Crippen LogP contribution in [0, 0.1) is 11.3 Å². The van der Waals surface area contributed by atoms with Gasteiger partial charge in [-0.3, -0.25) is 4.79 Å². The van der Waals surface area contributed by atoms with Crippen molar-refractivity contribution in [2.75, 3.05) is 0 Å². The summed E-state index contributed by atoms with van der Waals surface area (Å²) in [5.74, 6) is -1.82. The summed E-state index contributed by atoms with van der Waals surface area (Å²) in [6.07, 6.45) is -4.05. The van der Waals surface area contributed by atoms with Crippen LogP contribution < -0.4 is 5.32 Å². The maximum absolute atomic E-state index is 12.4. The number of alkyl halides is 3. The summed E-state index contributed by atoms with van der Waals surface area (Å²) in [5.41, 5.74) is -0.474. The van der Waals surface area contributed by atoms with Gasteiger partial charge >= 0.3 is 12.1 Å². The highest BCUT2D eigenvalue weighted by molar-refractivity contribution is 5.84. The molecule has 0 saturated carbocycles. The Morgan fingerprint density at radius 1 is 1.26 bits per heavy atom. The predicted octanol–water partition coefficient (Wildman–Crippen LogP) is 2.51. The molecule has 0 fully saturated rings. The van der Waals surface area contributed by atoms with Crippen LogP contribution in [0.25, 0.3) is 0 Å². The molecule has 0 aliphatic heterocycles. The summed E-state index contributed by atoms with van der Waals surface area (Å²) >= 11 is 0. The molecule has 0 saturated heterocycles. The van der Waals surface area contributed by atoms with Gasteiger partial charge in [-0.05, 0) is 30.5 Å². The number of hydrogen-bond donors (Lipinski definition) is 2. The first-order valence-corrected chi connectivity index (χ1v) is 6.79. The van der Waals surface area contributed by atoms with Gasteiger partial charge in [0.2, 0.25) is 5.91 Å². The molecule has 2 N–H and O–H groups in total. The number of aliphatic carboxylic acids is 1. The van der Waals surface area contributed by atoms with E-state index in [0.717, 1.165) is 12.1 Å². The van der Waals surface area contributed by atoms with E-state index in [-0.39, 0.29) is 19.3 Å². The van der Waals surface area contributed by atoms with Crippen LogP contribution in [0.1, 0.15) is 30.4 Å². The summed E-state index contributed by atoms with van der Waals surface area (Å²) in [4.78, 5) is 22.8. The average Bonchev–Trinajstić information content (AvgIpc) is 2.45. The van der Waals surface area contributed by atoms with Crippen molar-refractivity contribution in [1.82, 2.24) is 5.32 Å². The molecule has 1 amide bonds. The second kappa shape index (κ2) is 8.17. The van der Waals surface area contributed by atoms with Crippen molar-refractivity contribution < 1.29 is 27.9 Å². The van der Waals surface area contributed by atoms with Gasteiger partial charge in [0.25, 0.3) is 0 Å². The van der Waals surface area contributed by atoms with Crippen molar-refractivity contribution >= 4 is 11.9 Å². The normalized spacial score (nSPS) is 12.3. The molecule has 23 heavy (non-hydrogen) atoms. The van der Waals surface area contributed by atoms with E-state index < -0.39 is 29.7 Å². The first-order valence-electron chi connectivity index (χ1n) is 6.79. The van der Waals surface area contributed by atoms with E-state index in [0.29, 0.717) is 12.0 Å². The topological polar surface area (TPSA) is 90.2 Å². The van der Waals surface area contributed by atoms with Crippen molar-refractivity contribution in [1.29, 1.82) is 5.26 Å². The average molecular weight is 328 g/mol. The number of nitrogens with one attached hydrogen (secondary N) is 1. The Morgan fingerprint density at radius 3 is 2.35 bits per heavy atom. The minimum absolute atomic E-state index is 0.113. The molecular formula is C15H15F3N2O3. The maximum atomic E-state index is 12.4. The number of hydrogen-bond acceptors (Lipinski definition) is 3. The predicted molar refractivity (Wildman–Crippen MR) is 74.2 cm³/mol. The number of carboxylic acids is 1. The number of benzene rings is 1. The van der Waals surface area contributed by atoms with Crippen molar-refractivity contribution in [3.63, 3.8) is 0 Å². The number of halogens is 3. The molecule has 124 valence electrons. The maximum Gasteiger partial charge on any atom is 0.416 e. The number of unbranched alkanes of at least 4 members (excludes halogenated alkanes) is 1. The largest absolute Gasteiger partial charge is 0.480 e. The van der Waals surface area contributed by atoms with E-state index in [1.54, 1.807) is 0 Å². The van der Waals surface area contributed by atoms with E-state index in [1.807, 2.05) is 6.07 Å². The van der Waals surface area contributed by atoms with Gasteiger partial charge in [0.15, 0.2) is 0 Å². The molecule has 0 bridgehead atoms. The fourth-order valence-electron chi connectivity index (χ4n) is 1.88. The van der Waals surface area contributed by atoms with Crippen LogP contribution in [0.3, 0.4) is 0 Å². The van der Waals surface area contributed by atoms with E-state index in [1.165, 1.54) is 12.1 Å². The quantitative estimate of drug-likeness (QED) is 0.753. The Balaban J connectivity index is 2.61. The van der Waals surface area contributed by atoms with Crippen molar-refractivity contribution in [3.8, 4) is 6.07 Å². The van der Waals surface area contributed by atoms with Crippen LogP contribution in [-0.2, 0) is 22.2 Å². The number of carbonyl (C=O) groups excluding carboxylic acids is 1. The van der Waals surface area contributed by atoms with Gasteiger partial charge in [-0.1, -0.05) is 12.1 Å². The van der Waals surface area contributed by atoms with E-state index in [2.05, 4.69) is 5.32 Å². The zero-order chi connectivity index (χ0) is 17.5. The molecule has 0 aliphatic rings. The Bertz CT molecular complexity index is 591. The zero-order valence-corrected chi connectivity index (χ0v) is 12.1. The van der Waals surface area contributed by atoms with Gasteiger partial charge < -0.3 is 10.4 Å². The summed E-state index contributed by atoms with van der Waals surface area (Å²) in [7, 11) is 0. The van der Waals surface area contributed by atoms with Crippen LogP contribution in [-0.4, -0.2) is 23.0 Å². The van der Waals surface area contributed by atoms with E-state index in [4.69, 9.17) is 10.4 Å². The highest BCUT2D eigenvalue weighted by Crippen LogP contribution is 2.29. The fourth-order valence-corrected chi connectivity index (χ4v) is 1.88. The van der Waals surface area contributed by atoms with Crippen LogP contribution >= 0.6 is 0 Å². The lowest BCUT2D eigenvalue weighted by Crippen LogP contribution is -2.41. The lowest BCUT2D eigenvalue weighted by molar-refractivity contribution is -0.142. The van der Waals surface area contributed by atoms with Crippen molar-refractivity contribution in [3.05, 3.63) is 35.4 Å². The standard InChI is InChI=1S/C15H15F3N2O3/c16-15(17,18)11-6-4-10(5-7-11)9-13(21)20-12(14(22)23)3-1-2-8-19/h4-7,12H,1-3,9H2,(H,20,21)(H,22,23)/t12-/m1/s1. The number of amides is 1. The Labute approximate surface area is 130 Å². The lowest BCUT2D eigenvalue weighted by Gasteiger charge is -2.14. The summed E-state index contributed by atoms with van der Waals surface area (Å²) in [6.45, 7) is 0. The molecule has 1 aromatic rings. The monoisotopic (exact) mass is 328 g/mol. The second-order valence-corrected chi connectivity index (χ2v) is 4.88. The van der Waals surface area contributed by atoms with Crippen molar-refractivity contribution in [2.24, 2.45) is 0 Å². The molecule has 0 aromatic heterocycles. The highest BCUT2D eigenvalue weighted by atomic mass is 19.4. The minimum Gasteiger partial charge on any atom is -0.480 e. The summed E-state index contributed by atoms with van der Waals surface area (Å²) < 4.78 is 37.3. The molecule has 5 nitrogen and oxygen atoms in total. The minimum atomic E-state index is -4.45. The first-order chi connectivity index (χ1) is 10.7.